The summed E-state index contributed by atoms with van der Waals surface area (Å²) in [6.45, 7) is 6.08. The first-order valence-electron chi connectivity index (χ1n) is 9.41. The highest BCUT2D eigenvalue weighted by Gasteiger charge is 2.21. The molecule has 2 aromatic rings. The van der Waals surface area contributed by atoms with Crippen molar-refractivity contribution in [2.75, 3.05) is 85.7 Å². The Labute approximate surface area is 163 Å². The molecule has 0 saturated carbocycles. The lowest BCUT2D eigenvalue weighted by Gasteiger charge is -2.29. The number of fused-ring (bicyclic) bond motifs is 1. The van der Waals surface area contributed by atoms with Crippen LogP contribution in [0.5, 0.6) is 0 Å². The molecule has 9 nitrogen and oxygen atoms in total. The summed E-state index contributed by atoms with van der Waals surface area (Å²) in [5.74, 6) is 4.50. The van der Waals surface area contributed by atoms with Crippen LogP contribution < -0.4 is 20.0 Å². The number of thioether (sulfide) groups is 1. The number of anilines is 3. The average Bonchev–Trinajstić information content (AvgIpc) is 2.74. The molecule has 10 heteroatoms. The van der Waals surface area contributed by atoms with Gasteiger partial charge in [-0.15, -0.1) is 0 Å². The molecule has 2 aromatic heterocycles. The van der Waals surface area contributed by atoms with E-state index in [9.17, 15) is 5.11 Å². The van der Waals surface area contributed by atoms with E-state index >= 15 is 0 Å². The monoisotopic (exact) mass is 390 g/mol. The first kappa shape index (κ1) is 18.5. The van der Waals surface area contributed by atoms with Gasteiger partial charge < -0.3 is 25.1 Å². The molecule has 0 bridgehead atoms. The number of piperazine rings is 1. The number of rotatable bonds is 5. The lowest BCUT2D eigenvalue weighted by Crippen LogP contribution is -2.44. The van der Waals surface area contributed by atoms with Crippen LogP contribution in [0.2, 0.25) is 0 Å². The van der Waals surface area contributed by atoms with Gasteiger partial charge >= 0.3 is 0 Å². The van der Waals surface area contributed by atoms with E-state index in [4.69, 9.17) is 15.0 Å². The molecule has 2 aliphatic rings. The van der Waals surface area contributed by atoms with Gasteiger partial charge in [0.15, 0.2) is 17.0 Å². The van der Waals surface area contributed by atoms with E-state index in [2.05, 4.69) is 20.1 Å². The predicted octanol–water partition coefficient (Wildman–Crippen LogP) is -0.189. The molecule has 4 heterocycles. The van der Waals surface area contributed by atoms with Gasteiger partial charge in [-0.2, -0.15) is 21.7 Å². The lowest BCUT2D eigenvalue weighted by molar-refractivity contribution is 0.304. The Balaban J connectivity index is 1.75. The van der Waals surface area contributed by atoms with Crippen LogP contribution in [0.3, 0.4) is 0 Å². The largest absolute Gasteiger partial charge is 0.395 e. The molecule has 2 saturated heterocycles. The van der Waals surface area contributed by atoms with Gasteiger partial charge in [0.05, 0.1) is 12.8 Å². The van der Waals surface area contributed by atoms with Crippen molar-refractivity contribution in [1.82, 2.24) is 25.3 Å². The van der Waals surface area contributed by atoms with E-state index in [0.29, 0.717) is 23.7 Å². The van der Waals surface area contributed by atoms with Crippen molar-refractivity contribution in [3.8, 4) is 0 Å². The third kappa shape index (κ3) is 4.02. The molecule has 0 unspecified atom stereocenters. The number of hydrogen-bond donors (Lipinski definition) is 2. The quantitative estimate of drug-likeness (QED) is 0.715. The molecule has 27 heavy (non-hydrogen) atoms. The zero-order chi connectivity index (χ0) is 18.6. The van der Waals surface area contributed by atoms with E-state index in [1.807, 2.05) is 29.9 Å². The first-order valence-corrected chi connectivity index (χ1v) is 10.6. The first-order chi connectivity index (χ1) is 13.3. The summed E-state index contributed by atoms with van der Waals surface area (Å²) in [5, 5.41) is 12.7. The molecule has 2 aliphatic heterocycles. The third-order valence-electron chi connectivity index (χ3n) is 4.90. The summed E-state index contributed by atoms with van der Waals surface area (Å²) >= 11 is 1.97. The molecule has 0 radical (unpaired) electrons. The Morgan fingerprint density at radius 3 is 2.63 bits per heavy atom. The molecule has 0 aliphatic carbocycles. The van der Waals surface area contributed by atoms with Gasteiger partial charge in [0.2, 0.25) is 5.95 Å². The number of aromatic nitrogens is 4. The maximum absolute atomic E-state index is 9.35. The second-order valence-electron chi connectivity index (χ2n) is 6.73. The second-order valence-corrected chi connectivity index (χ2v) is 7.95. The van der Waals surface area contributed by atoms with Crippen molar-refractivity contribution in [3.63, 3.8) is 0 Å². The number of hydrogen-bond acceptors (Lipinski definition) is 10. The van der Waals surface area contributed by atoms with Crippen LogP contribution in [0.4, 0.5) is 17.6 Å². The Morgan fingerprint density at radius 2 is 1.89 bits per heavy atom. The van der Waals surface area contributed by atoms with Crippen molar-refractivity contribution in [2.24, 2.45) is 0 Å². The minimum Gasteiger partial charge on any atom is -0.395 e. The van der Waals surface area contributed by atoms with Crippen LogP contribution in [0.1, 0.15) is 0 Å². The Hall–Kier alpha value is -1.91. The van der Waals surface area contributed by atoms with Crippen LogP contribution >= 0.6 is 11.8 Å². The van der Waals surface area contributed by atoms with Gasteiger partial charge in [0, 0.05) is 64.4 Å². The predicted molar refractivity (Wildman–Crippen MR) is 110 cm³/mol. The average molecular weight is 391 g/mol. The number of likely N-dealkylation sites (N-methyl/N-ethyl adjacent to an activating group) is 1. The molecule has 0 aromatic carbocycles. The van der Waals surface area contributed by atoms with Gasteiger partial charge in [0.1, 0.15) is 5.82 Å². The highest BCUT2D eigenvalue weighted by Crippen LogP contribution is 2.26. The van der Waals surface area contributed by atoms with Crippen LogP contribution in [0.25, 0.3) is 11.2 Å². The molecule has 0 spiro atoms. The van der Waals surface area contributed by atoms with Crippen molar-refractivity contribution < 1.29 is 5.11 Å². The van der Waals surface area contributed by atoms with Gasteiger partial charge in [-0.25, -0.2) is 9.97 Å². The van der Waals surface area contributed by atoms with Gasteiger partial charge in [-0.1, -0.05) is 0 Å². The van der Waals surface area contributed by atoms with E-state index in [1.165, 1.54) is 0 Å². The maximum Gasteiger partial charge on any atom is 0.229 e. The lowest BCUT2D eigenvalue weighted by atomic mass is 10.3. The number of nitrogens with one attached hydrogen (secondary N) is 1. The zero-order valence-electron chi connectivity index (χ0n) is 15.6. The Kier molecular flexibility index (Phi) is 5.74. The van der Waals surface area contributed by atoms with Gasteiger partial charge in [-0.3, -0.25) is 0 Å². The summed E-state index contributed by atoms with van der Waals surface area (Å²) < 4.78 is 0. The number of nitrogens with zero attached hydrogens (tertiary/aromatic N) is 7. The number of aliphatic hydroxyl groups is 1. The van der Waals surface area contributed by atoms with Crippen molar-refractivity contribution in [1.29, 1.82) is 0 Å². The van der Waals surface area contributed by atoms with Crippen LogP contribution in [-0.2, 0) is 0 Å². The highest BCUT2D eigenvalue weighted by atomic mass is 32.2. The van der Waals surface area contributed by atoms with Crippen LogP contribution in [-0.4, -0.2) is 96.0 Å². The van der Waals surface area contributed by atoms with E-state index in [0.717, 1.165) is 62.4 Å². The van der Waals surface area contributed by atoms with E-state index < -0.39 is 0 Å². The van der Waals surface area contributed by atoms with Gasteiger partial charge in [-0.05, 0) is 0 Å². The summed E-state index contributed by atoms with van der Waals surface area (Å²) in [7, 11) is 1.91. The molecular formula is C17H26N8OS. The number of aliphatic hydroxyl groups excluding tert-OH is 1. The normalized spacial score (nSPS) is 18.1. The minimum atomic E-state index is 0.0575. The van der Waals surface area contributed by atoms with Gasteiger partial charge in [0.25, 0.3) is 0 Å². The molecule has 0 amide bonds. The molecular weight excluding hydrogens is 364 g/mol. The van der Waals surface area contributed by atoms with Crippen molar-refractivity contribution >= 4 is 40.5 Å². The van der Waals surface area contributed by atoms with Crippen molar-refractivity contribution in [2.45, 2.75) is 0 Å². The molecule has 146 valence electrons. The molecule has 4 rings (SSSR count). The Morgan fingerprint density at radius 1 is 1.11 bits per heavy atom. The smallest absolute Gasteiger partial charge is 0.229 e. The fourth-order valence-corrected chi connectivity index (χ4v) is 4.25. The topological polar surface area (TPSA) is 93.5 Å². The third-order valence-corrected chi connectivity index (χ3v) is 5.84. The summed E-state index contributed by atoms with van der Waals surface area (Å²) in [6.07, 6.45) is 1.82. The minimum absolute atomic E-state index is 0.0575. The zero-order valence-corrected chi connectivity index (χ0v) is 16.5. The fourth-order valence-electron chi connectivity index (χ4n) is 3.35. The fraction of sp³-hybridized carbons (Fsp3) is 0.647. The summed E-state index contributed by atoms with van der Waals surface area (Å²) in [5.41, 5.74) is 1.30. The summed E-state index contributed by atoms with van der Waals surface area (Å²) in [4.78, 5) is 25.4. The SMILES string of the molecule is CN(CCO)c1nc(N2CCNCC2)nc2nc(N3CCSCC3)cnc12. The van der Waals surface area contributed by atoms with Crippen LogP contribution in [0.15, 0.2) is 6.20 Å². The summed E-state index contributed by atoms with van der Waals surface area (Å²) in [6, 6.07) is 0. The molecule has 2 N–H and O–H groups in total. The molecule has 0 atom stereocenters. The van der Waals surface area contributed by atoms with E-state index in [1.54, 1.807) is 0 Å². The van der Waals surface area contributed by atoms with Crippen LogP contribution in [0, 0.1) is 0 Å². The highest BCUT2D eigenvalue weighted by molar-refractivity contribution is 7.99. The van der Waals surface area contributed by atoms with E-state index in [-0.39, 0.29) is 6.61 Å². The second kappa shape index (κ2) is 8.41. The maximum atomic E-state index is 9.35. The standard InChI is InChI=1S/C17H26N8OS/c1-23(6-9-26)16-14-15(21-17(22-16)25-4-2-18-3-5-25)20-13(12-19-14)24-7-10-27-11-8-24/h12,18,26H,2-11H2,1H3. The Bertz CT molecular complexity index is 774. The molecule has 2 fully saturated rings. The van der Waals surface area contributed by atoms with Crippen molar-refractivity contribution in [3.05, 3.63) is 6.20 Å².